The first-order valence-electron chi connectivity index (χ1n) is 6.23. The predicted molar refractivity (Wildman–Crippen MR) is 75.7 cm³/mol. The number of nitrogen functional groups attached to an aromatic ring is 1. The Hall–Kier alpha value is -2.48. The summed E-state index contributed by atoms with van der Waals surface area (Å²) in [5.41, 5.74) is 10.3. The Morgan fingerprint density at radius 2 is 2.32 bits per heavy atom. The second-order valence-corrected chi connectivity index (χ2v) is 4.46. The Morgan fingerprint density at radius 3 is 2.95 bits per heavy atom. The fourth-order valence-corrected chi connectivity index (χ4v) is 1.92. The van der Waals surface area contributed by atoms with E-state index in [2.05, 4.69) is 21.6 Å². The van der Waals surface area contributed by atoms with Crippen LogP contribution in [0.2, 0.25) is 0 Å². The molecule has 5 nitrogen and oxygen atoms in total. The third-order valence-corrected chi connectivity index (χ3v) is 3.05. The molecule has 0 amide bonds. The number of hydrogen-bond donors (Lipinski definition) is 3. The van der Waals surface area contributed by atoms with Crippen LogP contribution in [0, 0.1) is 18.3 Å². The van der Waals surface area contributed by atoms with E-state index < -0.39 is 0 Å². The maximum Gasteiger partial charge on any atom is 0.0992 e. The van der Waals surface area contributed by atoms with Gasteiger partial charge >= 0.3 is 0 Å². The molecule has 2 rings (SSSR count). The first-order valence-corrected chi connectivity index (χ1v) is 6.23. The summed E-state index contributed by atoms with van der Waals surface area (Å²) in [6.07, 6.45) is 3.84. The fraction of sp³-hybridized carbons (Fsp3) is 0.286. The van der Waals surface area contributed by atoms with Crippen molar-refractivity contribution in [1.82, 2.24) is 10.2 Å². The van der Waals surface area contributed by atoms with E-state index in [4.69, 9.17) is 11.0 Å². The molecule has 0 saturated heterocycles. The van der Waals surface area contributed by atoms with Gasteiger partial charge in [-0.05, 0) is 43.5 Å². The van der Waals surface area contributed by atoms with Gasteiger partial charge in [-0.3, -0.25) is 5.10 Å². The Labute approximate surface area is 112 Å². The number of anilines is 2. The van der Waals surface area contributed by atoms with E-state index in [0.717, 1.165) is 30.8 Å². The molecule has 0 bridgehead atoms. The number of nitrogens with zero attached hydrogens (tertiary/aromatic N) is 2. The van der Waals surface area contributed by atoms with Crippen LogP contribution in [-0.2, 0) is 6.42 Å². The number of rotatable bonds is 5. The van der Waals surface area contributed by atoms with E-state index in [1.54, 1.807) is 12.1 Å². The minimum absolute atomic E-state index is 0.581. The minimum Gasteiger partial charge on any atom is -0.397 e. The molecular formula is C14H17N5. The topological polar surface area (TPSA) is 90.5 Å². The molecule has 0 radical (unpaired) electrons. The average Bonchev–Trinajstić information content (AvgIpc) is 2.81. The number of nitriles is 1. The van der Waals surface area contributed by atoms with Gasteiger partial charge in [-0.15, -0.1) is 0 Å². The molecule has 0 aliphatic carbocycles. The summed E-state index contributed by atoms with van der Waals surface area (Å²) in [4.78, 5) is 0. The summed E-state index contributed by atoms with van der Waals surface area (Å²) in [5.74, 6) is 0. The van der Waals surface area contributed by atoms with Crippen LogP contribution in [0.3, 0.4) is 0 Å². The van der Waals surface area contributed by atoms with Crippen LogP contribution in [-0.4, -0.2) is 16.7 Å². The highest BCUT2D eigenvalue weighted by Gasteiger charge is 2.02. The number of nitrogens with two attached hydrogens (primary N) is 1. The molecule has 1 aromatic heterocycles. The number of nitrogens with one attached hydrogen (secondary N) is 2. The van der Waals surface area contributed by atoms with Crippen LogP contribution in [0.25, 0.3) is 0 Å². The van der Waals surface area contributed by atoms with Crippen molar-refractivity contribution in [3.05, 3.63) is 41.2 Å². The monoisotopic (exact) mass is 255 g/mol. The standard InChI is InChI=1S/C14H17N5/c1-10-12(9-18-19-10)3-2-6-17-14-5-4-11(8-15)7-13(14)16/h4-5,7,9,17H,2-3,6,16H2,1H3,(H,18,19). The highest BCUT2D eigenvalue weighted by molar-refractivity contribution is 5.68. The molecule has 0 spiro atoms. The Kier molecular flexibility index (Phi) is 4.04. The summed E-state index contributed by atoms with van der Waals surface area (Å²) in [6.45, 7) is 2.86. The highest BCUT2D eigenvalue weighted by atomic mass is 15.1. The smallest absolute Gasteiger partial charge is 0.0992 e. The van der Waals surface area contributed by atoms with Crippen molar-refractivity contribution < 1.29 is 0 Å². The molecule has 0 aliphatic rings. The van der Waals surface area contributed by atoms with Gasteiger partial charge in [0.25, 0.3) is 0 Å². The number of hydrogen-bond acceptors (Lipinski definition) is 4. The van der Waals surface area contributed by atoms with E-state index in [1.807, 2.05) is 19.2 Å². The molecule has 1 heterocycles. The van der Waals surface area contributed by atoms with Gasteiger partial charge in [0.1, 0.15) is 0 Å². The molecule has 0 unspecified atom stereocenters. The largest absolute Gasteiger partial charge is 0.397 e. The Morgan fingerprint density at radius 1 is 1.47 bits per heavy atom. The second-order valence-electron chi connectivity index (χ2n) is 4.46. The third kappa shape index (κ3) is 3.26. The van der Waals surface area contributed by atoms with E-state index in [0.29, 0.717) is 11.3 Å². The van der Waals surface area contributed by atoms with Gasteiger partial charge in [0, 0.05) is 12.2 Å². The summed E-state index contributed by atoms with van der Waals surface area (Å²) in [6, 6.07) is 7.36. The van der Waals surface area contributed by atoms with Gasteiger partial charge < -0.3 is 11.1 Å². The van der Waals surface area contributed by atoms with E-state index in [-0.39, 0.29) is 0 Å². The van der Waals surface area contributed by atoms with E-state index in [1.165, 1.54) is 5.56 Å². The summed E-state index contributed by atoms with van der Waals surface area (Å²) in [5, 5.41) is 19.0. The molecule has 0 atom stereocenters. The summed E-state index contributed by atoms with van der Waals surface area (Å²) >= 11 is 0. The number of aryl methyl sites for hydroxylation is 2. The normalized spacial score (nSPS) is 10.1. The van der Waals surface area contributed by atoms with Crippen LogP contribution in [0.4, 0.5) is 11.4 Å². The van der Waals surface area contributed by atoms with Crippen LogP contribution in [0.5, 0.6) is 0 Å². The van der Waals surface area contributed by atoms with Crippen molar-refractivity contribution in [2.75, 3.05) is 17.6 Å². The van der Waals surface area contributed by atoms with Gasteiger partial charge in [0.2, 0.25) is 0 Å². The molecule has 1 aromatic carbocycles. The molecule has 5 heteroatoms. The number of aromatic amines is 1. The van der Waals surface area contributed by atoms with Gasteiger partial charge in [0.05, 0.1) is 29.2 Å². The van der Waals surface area contributed by atoms with Crippen LogP contribution < -0.4 is 11.1 Å². The maximum atomic E-state index is 8.76. The lowest BCUT2D eigenvalue weighted by molar-refractivity contribution is 0.857. The van der Waals surface area contributed by atoms with Gasteiger partial charge in [-0.1, -0.05) is 0 Å². The van der Waals surface area contributed by atoms with E-state index in [9.17, 15) is 0 Å². The number of aromatic nitrogens is 2. The van der Waals surface area contributed by atoms with Crippen LogP contribution in [0.15, 0.2) is 24.4 Å². The first kappa shape index (κ1) is 13.0. The van der Waals surface area contributed by atoms with Crippen molar-refractivity contribution in [2.45, 2.75) is 19.8 Å². The Balaban J connectivity index is 1.83. The number of benzene rings is 1. The minimum atomic E-state index is 0.581. The van der Waals surface area contributed by atoms with Crippen LogP contribution >= 0.6 is 0 Å². The van der Waals surface area contributed by atoms with Gasteiger partial charge in [-0.25, -0.2) is 0 Å². The lowest BCUT2D eigenvalue weighted by Crippen LogP contribution is -2.05. The van der Waals surface area contributed by atoms with Gasteiger partial charge in [0.15, 0.2) is 0 Å². The molecule has 98 valence electrons. The lowest BCUT2D eigenvalue weighted by Gasteiger charge is -2.09. The fourth-order valence-electron chi connectivity index (χ4n) is 1.92. The summed E-state index contributed by atoms with van der Waals surface area (Å²) in [7, 11) is 0. The zero-order valence-electron chi connectivity index (χ0n) is 10.9. The zero-order valence-corrected chi connectivity index (χ0v) is 10.9. The van der Waals surface area contributed by atoms with Crippen molar-refractivity contribution in [3.63, 3.8) is 0 Å². The third-order valence-electron chi connectivity index (χ3n) is 3.05. The van der Waals surface area contributed by atoms with Crippen molar-refractivity contribution in [3.8, 4) is 6.07 Å². The van der Waals surface area contributed by atoms with Gasteiger partial charge in [-0.2, -0.15) is 10.4 Å². The molecule has 19 heavy (non-hydrogen) atoms. The average molecular weight is 255 g/mol. The zero-order chi connectivity index (χ0) is 13.7. The molecule has 4 N–H and O–H groups in total. The maximum absolute atomic E-state index is 8.76. The first-order chi connectivity index (χ1) is 9.20. The Bertz CT molecular complexity index is 594. The van der Waals surface area contributed by atoms with Crippen molar-refractivity contribution >= 4 is 11.4 Å². The lowest BCUT2D eigenvalue weighted by atomic mass is 10.1. The number of H-pyrrole nitrogens is 1. The molecular weight excluding hydrogens is 238 g/mol. The van der Waals surface area contributed by atoms with Crippen molar-refractivity contribution in [2.24, 2.45) is 0 Å². The quantitative estimate of drug-likeness (QED) is 0.564. The highest BCUT2D eigenvalue weighted by Crippen LogP contribution is 2.19. The molecule has 0 fully saturated rings. The van der Waals surface area contributed by atoms with E-state index >= 15 is 0 Å². The summed E-state index contributed by atoms with van der Waals surface area (Å²) < 4.78 is 0. The van der Waals surface area contributed by atoms with Crippen molar-refractivity contribution in [1.29, 1.82) is 5.26 Å². The predicted octanol–water partition coefficient (Wildman–Crippen LogP) is 2.22. The second kappa shape index (κ2) is 5.91. The molecule has 0 aliphatic heterocycles. The molecule has 0 saturated carbocycles. The van der Waals surface area contributed by atoms with Crippen LogP contribution in [0.1, 0.15) is 23.2 Å². The molecule has 2 aromatic rings. The SMILES string of the molecule is Cc1[nH]ncc1CCCNc1ccc(C#N)cc1N.